The van der Waals surface area contributed by atoms with E-state index in [1.54, 1.807) is 0 Å². The molecule has 1 aromatic carbocycles. The van der Waals surface area contributed by atoms with E-state index in [1.807, 2.05) is 32.9 Å². The second kappa shape index (κ2) is 6.47. The monoisotopic (exact) mass is 279 g/mol. The quantitative estimate of drug-likeness (QED) is 0.610. The summed E-state index contributed by atoms with van der Waals surface area (Å²) in [5, 5.41) is 0. The van der Waals surface area contributed by atoms with Gasteiger partial charge < -0.3 is 4.74 Å². The fourth-order valence-corrected chi connectivity index (χ4v) is 4.96. The average Bonchev–Trinajstić information content (AvgIpc) is 2.81. The van der Waals surface area contributed by atoms with Crippen LogP contribution in [0.5, 0.6) is 5.75 Å². The summed E-state index contributed by atoms with van der Waals surface area (Å²) in [6.07, 6.45) is 2.61. The van der Waals surface area contributed by atoms with Crippen LogP contribution in [0, 0.1) is 13.8 Å². The summed E-state index contributed by atoms with van der Waals surface area (Å²) in [5.74, 6) is 4.44. The Morgan fingerprint density at radius 1 is 1.21 bits per heavy atom. The number of hydrogen-bond donors (Lipinski definition) is 0. The number of carbonyl (C=O) groups is 1. The molecule has 1 heterocycles. The van der Waals surface area contributed by atoms with Crippen LogP contribution >= 0.6 is 0 Å². The molecule has 1 aromatic rings. The first-order chi connectivity index (χ1) is 9.11. The molecule has 0 radical (unpaired) electrons. The standard InChI is InChI=1S/C16H23O2S/c1-4-18-14-9-12(2)16(13(3)10-14)15(17)11-19-7-5-6-8-19/h9-10H,4-8,11H2,1-3H3/q+1. The van der Waals surface area contributed by atoms with Crippen LogP contribution < -0.4 is 4.74 Å². The normalized spacial score (nSPS) is 15.7. The minimum atomic E-state index is 0.322. The van der Waals surface area contributed by atoms with Crippen LogP contribution in [0.25, 0.3) is 0 Å². The molecule has 104 valence electrons. The summed E-state index contributed by atoms with van der Waals surface area (Å²) < 4.78 is 5.53. The number of Topliss-reactive ketones (excluding diaryl/α,β-unsaturated/α-hetero) is 1. The van der Waals surface area contributed by atoms with Gasteiger partial charge in [0, 0.05) is 5.56 Å². The van der Waals surface area contributed by atoms with E-state index in [4.69, 9.17) is 4.74 Å². The molecule has 0 atom stereocenters. The summed E-state index contributed by atoms with van der Waals surface area (Å²) in [4.78, 5) is 12.5. The Bertz CT molecular complexity index is 439. The van der Waals surface area contributed by atoms with Crippen molar-refractivity contribution in [3.8, 4) is 5.75 Å². The molecule has 0 bridgehead atoms. The summed E-state index contributed by atoms with van der Waals surface area (Å²) in [7, 11) is 0.336. The highest BCUT2D eigenvalue weighted by Gasteiger charge is 2.28. The van der Waals surface area contributed by atoms with Gasteiger partial charge in [-0.3, -0.25) is 4.79 Å². The van der Waals surface area contributed by atoms with Gasteiger partial charge in [-0.25, -0.2) is 0 Å². The van der Waals surface area contributed by atoms with Crippen LogP contribution in [-0.4, -0.2) is 29.6 Å². The molecule has 0 N–H and O–H groups in total. The number of ketones is 1. The van der Waals surface area contributed by atoms with Crippen LogP contribution in [0.2, 0.25) is 0 Å². The van der Waals surface area contributed by atoms with Crippen molar-refractivity contribution in [1.29, 1.82) is 0 Å². The van der Waals surface area contributed by atoms with Crippen molar-refractivity contribution in [1.82, 2.24) is 0 Å². The van der Waals surface area contributed by atoms with Crippen LogP contribution in [0.4, 0.5) is 0 Å². The molecular weight excluding hydrogens is 256 g/mol. The smallest absolute Gasteiger partial charge is 0.212 e. The van der Waals surface area contributed by atoms with Crippen molar-refractivity contribution >= 4 is 16.7 Å². The first-order valence-corrected chi connectivity index (χ1v) is 8.76. The maximum Gasteiger partial charge on any atom is 0.212 e. The molecule has 1 aliphatic heterocycles. The number of ether oxygens (including phenoxy) is 1. The summed E-state index contributed by atoms with van der Waals surface area (Å²) in [6.45, 7) is 6.67. The second-order valence-corrected chi connectivity index (χ2v) is 7.49. The number of aryl methyl sites for hydroxylation is 2. The molecule has 1 saturated heterocycles. The Morgan fingerprint density at radius 3 is 2.32 bits per heavy atom. The Morgan fingerprint density at radius 2 is 1.79 bits per heavy atom. The van der Waals surface area contributed by atoms with Crippen LogP contribution in [0.15, 0.2) is 12.1 Å². The van der Waals surface area contributed by atoms with Gasteiger partial charge in [-0.05, 0) is 67.8 Å². The third kappa shape index (κ3) is 3.53. The number of benzene rings is 1. The molecule has 2 nitrogen and oxygen atoms in total. The van der Waals surface area contributed by atoms with Crippen LogP contribution in [-0.2, 0) is 10.9 Å². The van der Waals surface area contributed by atoms with E-state index >= 15 is 0 Å². The predicted octanol–water partition coefficient (Wildman–Crippen LogP) is 3.30. The van der Waals surface area contributed by atoms with E-state index in [0.29, 0.717) is 23.3 Å². The second-order valence-electron chi connectivity index (χ2n) is 5.16. The van der Waals surface area contributed by atoms with Gasteiger partial charge in [0.05, 0.1) is 6.61 Å². The molecule has 2 rings (SSSR count). The first-order valence-electron chi connectivity index (χ1n) is 7.03. The van der Waals surface area contributed by atoms with Gasteiger partial charge in [0.15, 0.2) is 5.75 Å². The molecule has 3 heteroatoms. The highest BCUT2D eigenvalue weighted by molar-refractivity contribution is 7.97. The zero-order valence-electron chi connectivity index (χ0n) is 12.1. The fourth-order valence-electron chi connectivity index (χ4n) is 2.73. The first kappa shape index (κ1) is 14.4. The lowest BCUT2D eigenvalue weighted by molar-refractivity contribution is 0.102. The number of carbonyl (C=O) groups excluding carboxylic acids is 1. The maximum absolute atomic E-state index is 12.5. The molecule has 1 fully saturated rings. The maximum atomic E-state index is 12.5. The lowest BCUT2D eigenvalue weighted by Gasteiger charge is -2.11. The number of rotatable bonds is 5. The third-order valence-corrected chi connectivity index (χ3v) is 5.95. The van der Waals surface area contributed by atoms with Crippen LogP contribution in [0.3, 0.4) is 0 Å². The van der Waals surface area contributed by atoms with Crippen molar-refractivity contribution in [3.63, 3.8) is 0 Å². The lowest BCUT2D eigenvalue weighted by Crippen LogP contribution is -2.19. The van der Waals surface area contributed by atoms with Gasteiger partial charge in [0.2, 0.25) is 5.78 Å². The lowest BCUT2D eigenvalue weighted by atomic mass is 9.99. The molecule has 1 aliphatic rings. The van der Waals surface area contributed by atoms with Gasteiger partial charge >= 0.3 is 0 Å². The van der Waals surface area contributed by atoms with Crippen molar-refractivity contribution in [2.75, 3.05) is 23.9 Å². The predicted molar refractivity (Wildman–Crippen MR) is 82.6 cm³/mol. The Kier molecular flexibility index (Phi) is 4.92. The molecular formula is C16H23O2S+. The third-order valence-electron chi connectivity index (χ3n) is 3.55. The van der Waals surface area contributed by atoms with Gasteiger partial charge in [0.25, 0.3) is 0 Å². The van der Waals surface area contributed by atoms with Crippen molar-refractivity contribution in [2.24, 2.45) is 0 Å². The van der Waals surface area contributed by atoms with Crippen molar-refractivity contribution in [3.05, 3.63) is 28.8 Å². The molecule has 0 aromatic heterocycles. The zero-order valence-corrected chi connectivity index (χ0v) is 12.9. The van der Waals surface area contributed by atoms with E-state index in [9.17, 15) is 4.79 Å². The van der Waals surface area contributed by atoms with Crippen molar-refractivity contribution in [2.45, 2.75) is 33.6 Å². The molecule has 0 aliphatic carbocycles. The summed E-state index contributed by atoms with van der Waals surface area (Å²) in [6, 6.07) is 3.98. The van der Waals surface area contributed by atoms with E-state index in [1.165, 1.54) is 24.3 Å². The Hall–Kier alpha value is -0.960. The molecule has 0 amide bonds. The Balaban J connectivity index is 2.16. The van der Waals surface area contributed by atoms with Gasteiger partial charge in [-0.1, -0.05) is 0 Å². The van der Waals surface area contributed by atoms with E-state index < -0.39 is 0 Å². The molecule has 0 unspecified atom stereocenters. The van der Waals surface area contributed by atoms with Crippen molar-refractivity contribution < 1.29 is 9.53 Å². The largest absolute Gasteiger partial charge is 0.494 e. The molecule has 0 spiro atoms. The van der Waals surface area contributed by atoms with Crippen LogP contribution in [0.1, 0.15) is 41.3 Å². The highest BCUT2D eigenvalue weighted by Crippen LogP contribution is 2.24. The van der Waals surface area contributed by atoms with E-state index in [0.717, 1.165) is 28.2 Å². The minimum absolute atomic E-state index is 0.322. The summed E-state index contributed by atoms with van der Waals surface area (Å²) in [5.41, 5.74) is 3.02. The zero-order chi connectivity index (χ0) is 13.8. The summed E-state index contributed by atoms with van der Waals surface area (Å²) >= 11 is 0. The van der Waals surface area contributed by atoms with Gasteiger partial charge in [0.1, 0.15) is 17.3 Å². The highest BCUT2D eigenvalue weighted by atomic mass is 32.2. The molecule has 19 heavy (non-hydrogen) atoms. The van der Waals surface area contributed by atoms with E-state index in [-0.39, 0.29) is 0 Å². The van der Waals surface area contributed by atoms with Gasteiger partial charge in [-0.15, -0.1) is 0 Å². The van der Waals surface area contributed by atoms with Gasteiger partial charge in [-0.2, -0.15) is 0 Å². The molecule has 0 saturated carbocycles. The minimum Gasteiger partial charge on any atom is -0.494 e. The number of hydrogen-bond acceptors (Lipinski definition) is 2. The SMILES string of the molecule is CCOc1cc(C)c(C(=O)C[S+]2CCCC2)c(C)c1. The fraction of sp³-hybridized carbons (Fsp3) is 0.562. The Labute approximate surface area is 118 Å². The average molecular weight is 279 g/mol. The van der Waals surface area contributed by atoms with E-state index in [2.05, 4.69) is 0 Å². The topological polar surface area (TPSA) is 26.3 Å².